The van der Waals surface area contributed by atoms with Crippen molar-refractivity contribution < 1.29 is 33.3 Å². The Labute approximate surface area is 192 Å². The molecule has 178 valence electrons. The predicted molar refractivity (Wildman–Crippen MR) is 112 cm³/mol. The Bertz CT molecular complexity index is 1060. The molecule has 2 aromatic carbocycles. The molecule has 5 N–H and O–H groups in total. The van der Waals surface area contributed by atoms with Gasteiger partial charge in [0.2, 0.25) is 5.91 Å². The van der Waals surface area contributed by atoms with Gasteiger partial charge >= 0.3 is 5.92 Å². The number of carbonyl (C=O) groups excluding carboxylic acids is 1. The van der Waals surface area contributed by atoms with Crippen molar-refractivity contribution in [2.24, 2.45) is 0 Å². The molecular formula is C22H23ClF3N3O4. The van der Waals surface area contributed by atoms with Crippen LogP contribution in [0, 0.1) is 5.82 Å². The second-order valence-electron chi connectivity index (χ2n) is 8.23. The van der Waals surface area contributed by atoms with E-state index in [1.54, 1.807) is 23.1 Å². The summed E-state index contributed by atoms with van der Waals surface area (Å²) in [7, 11) is 0. The van der Waals surface area contributed by atoms with Crippen LogP contribution in [0.3, 0.4) is 0 Å². The Morgan fingerprint density at radius 1 is 1.21 bits per heavy atom. The van der Waals surface area contributed by atoms with E-state index in [0.29, 0.717) is 30.0 Å². The van der Waals surface area contributed by atoms with Crippen molar-refractivity contribution in [1.29, 1.82) is 0 Å². The Morgan fingerprint density at radius 3 is 2.67 bits per heavy atom. The number of alkyl halides is 2. The van der Waals surface area contributed by atoms with Crippen molar-refractivity contribution in [3.63, 3.8) is 0 Å². The molecule has 33 heavy (non-hydrogen) atoms. The van der Waals surface area contributed by atoms with Gasteiger partial charge in [-0.05, 0) is 41.7 Å². The van der Waals surface area contributed by atoms with E-state index in [1.165, 1.54) is 0 Å². The molecule has 2 aliphatic heterocycles. The highest BCUT2D eigenvalue weighted by Crippen LogP contribution is 2.36. The Kier molecular flexibility index (Phi) is 6.68. The first-order valence-corrected chi connectivity index (χ1v) is 10.7. The van der Waals surface area contributed by atoms with Gasteiger partial charge in [-0.2, -0.15) is 8.78 Å². The summed E-state index contributed by atoms with van der Waals surface area (Å²) in [5.41, 5.74) is 1.18. The van der Waals surface area contributed by atoms with Crippen molar-refractivity contribution in [1.82, 2.24) is 15.5 Å². The molecule has 2 aliphatic rings. The van der Waals surface area contributed by atoms with Gasteiger partial charge in [0, 0.05) is 18.7 Å². The smallest absolute Gasteiger partial charge is 0.311 e. The van der Waals surface area contributed by atoms with Crippen molar-refractivity contribution in [3.8, 4) is 0 Å². The van der Waals surface area contributed by atoms with Gasteiger partial charge in [0.25, 0.3) is 0 Å². The summed E-state index contributed by atoms with van der Waals surface area (Å²) in [6, 6.07) is 6.90. The number of hydrogen-bond donors (Lipinski definition) is 5. The molecule has 11 heteroatoms. The summed E-state index contributed by atoms with van der Waals surface area (Å²) in [6.45, 7) is 0.146. The van der Waals surface area contributed by atoms with E-state index in [9.17, 15) is 33.3 Å². The van der Waals surface area contributed by atoms with Crippen molar-refractivity contribution in [2.75, 3.05) is 0 Å². The minimum Gasteiger partial charge on any atom is -0.374 e. The third-order valence-electron chi connectivity index (χ3n) is 6.03. The number of fused-ring (bicyclic) bond motifs is 1. The van der Waals surface area contributed by atoms with Gasteiger partial charge in [0.05, 0.1) is 11.1 Å². The summed E-state index contributed by atoms with van der Waals surface area (Å²) in [4.78, 5) is 13.8. The normalized spacial score (nSPS) is 24.5. The van der Waals surface area contributed by atoms with Gasteiger partial charge in [-0.15, -0.1) is 0 Å². The average Bonchev–Trinajstić information content (AvgIpc) is 3.09. The highest BCUT2D eigenvalue weighted by atomic mass is 35.5. The molecule has 2 aromatic rings. The van der Waals surface area contributed by atoms with Crippen LogP contribution in [0.4, 0.5) is 13.2 Å². The number of nitrogens with one attached hydrogen (secondary N) is 2. The fourth-order valence-electron chi connectivity index (χ4n) is 4.20. The van der Waals surface area contributed by atoms with E-state index < -0.39 is 42.0 Å². The molecule has 0 bridgehead atoms. The van der Waals surface area contributed by atoms with Gasteiger partial charge < -0.3 is 20.6 Å². The first-order chi connectivity index (χ1) is 15.6. The van der Waals surface area contributed by atoms with Crippen LogP contribution in [-0.2, 0) is 23.8 Å². The van der Waals surface area contributed by atoms with E-state index in [0.717, 1.165) is 17.7 Å². The first-order valence-electron chi connectivity index (χ1n) is 10.4. The lowest BCUT2D eigenvalue weighted by atomic mass is 10.0. The fourth-order valence-corrected chi connectivity index (χ4v) is 4.32. The second-order valence-corrected chi connectivity index (χ2v) is 8.64. The van der Waals surface area contributed by atoms with Gasteiger partial charge in [-0.3, -0.25) is 15.0 Å². The minimum absolute atomic E-state index is 0.119. The van der Waals surface area contributed by atoms with Gasteiger partial charge in [0.15, 0.2) is 6.23 Å². The molecule has 2 heterocycles. The number of piperidine rings is 1. The van der Waals surface area contributed by atoms with Gasteiger partial charge in [0.1, 0.15) is 18.3 Å². The van der Waals surface area contributed by atoms with Crippen molar-refractivity contribution >= 4 is 17.5 Å². The number of aliphatic hydroxyl groups is 3. The topological polar surface area (TPSA) is 105 Å². The van der Waals surface area contributed by atoms with Crippen molar-refractivity contribution in [3.05, 3.63) is 69.5 Å². The van der Waals surface area contributed by atoms with E-state index in [4.69, 9.17) is 11.6 Å². The molecule has 1 fully saturated rings. The quantitative estimate of drug-likeness (QED) is 0.401. The van der Waals surface area contributed by atoms with Crippen LogP contribution in [0.5, 0.6) is 0 Å². The zero-order valence-corrected chi connectivity index (χ0v) is 18.1. The van der Waals surface area contributed by atoms with Crippen LogP contribution >= 0.6 is 11.6 Å². The molecular weight excluding hydrogens is 463 g/mol. The third kappa shape index (κ3) is 4.72. The van der Waals surface area contributed by atoms with E-state index in [2.05, 4.69) is 10.6 Å². The SMILES string of the molecule is O=C1NC(O)CCC1N1Cc2cc(CN[C@H](O)C(F)(F)c3ccc(Cl)c(F)c3)ccc2[C@@H]1O. The fraction of sp³-hybridized carbons (Fsp3) is 0.409. The minimum atomic E-state index is -3.77. The predicted octanol–water partition coefficient (Wildman–Crippen LogP) is 2.08. The zero-order chi connectivity index (χ0) is 23.9. The lowest BCUT2D eigenvalue weighted by molar-refractivity contribution is -0.139. The largest absolute Gasteiger partial charge is 0.374 e. The lowest BCUT2D eigenvalue weighted by Gasteiger charge is -2.34. The summed E-state index contributed by atoms with van der Waals surface area (Å²) >= 11 is 5.53. The number of hydrogen-bond acceptors (Lipinski definition) is 6. The molecule has 2 unspecified atom stereocenters. The molecule has 4 rings (SSSR count). The molecule has 0 spiro atoms. The number of halogens is 4. The highest BCUT2D eigenvalue weighted by Gasteiger charge is 2.41. The van der Waals surface area contributed by atoms with Crippen LogP contribution in [0.15, 0.2) is 36.4 Å². The lowest BCUT2D eigenvalue weighted by Crippen LogP contribution is -2.53. The summed E-state index contributed by atoms with van der Waals surface area (Å²) < 4.78 is 42.6. The summed E-state index contributed by atoms with van der Waals surface area (Å²) in [5.74, 6) is -5.15. The molecule has 0 saturated carbocycles. The van der Waals surface area contributed by atoms with Crippen LogP contribution in [0.2, 0.25) is 5.02 Å². The molecule has 0 aromatic heterocycles. The monoisotopic (exact) mass is 485 g/mol. The third-order valence-corrected chi connectivity index (χ3v) is 6.33. The van der Waals surface area contributed by atoms with Crippen LogP contribution in [0.1, 0.15) is 41.3 Å². The van der Waals surface area contributed by atoms with Gasteiger partial charge in [-0.25, -0.2) is 4.39 Å². The molecule has 1 saturated heterocycles. The maximum Gasteiger partial charge on any atom is 0.311 e. The Hall–Kier alpha value is -2.21. The van der Waals surface area contributed by atoms with E-state index in [1.807, 2.05) is 0 Å². The molecule has 0 aliphatic carbocycles. The maximum atomic E-state index is 14.5. The van der Waals surface area contributed by atoms with Gasteiger partial charge in [-0.1, -0.05) is 35.9 Å². The Balaban J connectivity index is 1.42. The number of amides is 1. The summed E-state index contributed by atoms with van der Waals surface area (Å²) in [6.07, 6.45) is -3.44. The first kappa shape index (κ1) is 23.9. The van der Waals surface area contributed by atoms with Crippen LogP contribution in [0.25, 0.3) is 0 Å². The molecule has 0 radical (unpaired) electrons. The number of carbonyl (C=O) groups is 1. The molecule has 4 atom stereocenters. The van der Waals surface area contributed by atoms with Crippen LogP contribution in [-0.4, -0.2) is 44.6 Å². The highest BCUT2D eigenvalue weighted by molar-refractivity contribution is 6.30. The van der Waals surface area contributed by atoms with Crippen molar-refractivity contribution in [2.45, 2.75) is 56.6 Å². The number of benzene rings is 2. The average molecular weight is 486 g/mol. The molecule has 7 nitrogen and oxygen atoms in total. The van der Waals surface area contributed by atoms with E-state index in [-0.39, 0.29) is 24.0 Å². The van der Waals surface area contributed by atoms with E-state index >= 15 is 0 Å². The Morgan fingerprint density at radius 2 is 1.97 bits per heavy atom. The number of nitrogens with zero attached hydrogens (tertiary/aromatic N) is 1. The maximum absolute atomic E-state index is 14.5. The standard InChI is InChI=1S/C22H23ClF3N3O4/c23-15-4-2-13(8-16(15)24)22(25,26)21(33)27-9-11-1-3-14-12(7-11)10-29(20(14)32)17-5-6-18(30)28-19(17)31/h1-4,7-8,17-18,20-21,27,30,32-33H,5-6,9-10H2,(H,28,31)/t17?,18?,20-,21+/m0/s1. The van der Waals surface area contributed by atoms with Crippen LogP contribution < -0.4 is 10.6 Å². The number of rotatable bonds is 6. The summed E-state index contributed by atoms with van der Waals surface area (Å²) in [5, 5.41) is 34.7. The molecule has 1 amide bonds. The number of aliphatic hydroxyl groups excluding tert-OH is 3. The second kappa shape index (κ2) is 9.21. The zero-order valence-electron chi connectivity index (χ0n) is 17.3.